The second-order valence-electron chi connectivity index (χ2n) is 7.19. The van der Waals surface area contributed by atoms with Gasteiger partial charge in [0.05, 0.1) is 24.4 Å². The normalized spacial score (nSPS) is 14.8. The summed E-state index contributed by atoms with van der Waals surface area (Å²) in [4.78, 5) is 29.3. The van der Waals surface area contributed by atoms with Gasteiger partial charge in [-0.05, 0) is 36.2 Å². The standard InChI is InChI=1S/C22H28ClN5O3.CH2O/c1-24-22(30)19-21(27(2)11-4-12-29)26-20(15-5-9-18(31-3)10-6-15)28(19)14-17-8-7-16(23)13-25-17;1-2/h5-10,13,20,26,29H,4,11-12,14H2,1-3H3,(H,24,30);1H2. The fourth-order valence-electron chi connectivity index (χ4n) is 3.50. The van der Waals surface area contributed by atoms with Crippen molar-refractivity contribution in [1.82, 2.24) is 25.4 Å². The Bertz CT molecular complexity index is 937. The van der Waals surface area contributed by atoms with E-state index in [0.29, 0.717) is 36.1 Å². The van der Waals surface area contributed by atoms with Crippen LogP contribution in [-0.4, -0.2) is 66.9 Å². The second kappa shape index (κ2) is 12.7. The number of pyridine rings is 1. The highest BCUT2D eigenvalue weighted by atomic mass is 35.5. The van der Waals surface area contributed by atoms with E-state index in [9.17, 15) is 9.90 Å². The lowest BCUT2D eigenvalue weighted by Crippen LogP contribution is -2.34. The van der Waals surface area contributed by atoms with Gasteiger partial charge in [0.15, 0.2) is 0 Å². The number of nitrogens with one attached hydrogen (secondary N) is 2. The largest absolute Gasteiger partial charge is 0.497 e. The third-order valence-corrected chi connectivity index (χ3v) is 5.35. The Morgan fingerprint density at radius 1 is 1.30 bits per heavy atom. The van der Waals surface area contributed by atoms with Crippen LogP contribution < -0.4 is 15.4 Å². The predicted octanol–water partition coefficient (Wildman–Crippen LogP) is 1.89. The molecule has 1 unspecified atom stereocenters. The number of rotatable bonds is 9. The summed E-state index contributed by atoms with van der Waals surface area (Å²) in [6.07, 6.45) is 1.90. The maximum absolute atomic E-state index is 12.9. The van der Waals surface area contributed by atoms with Crippen molar-refractivity contribution >= 4 is 24.3 Å². The van der Waals surface area contributed by atoms with E-state index >= 15 is 0 Å². The molecule has 1 aliphatic rings. The average Bonchev–Trinajstić information content (AvgIpc) is 3.23. The van der Waals surface area contributed by atoms with Crippen molar-refractivity contribution in [3.8, 4) is 5.75 Å². The molecule has 1 amide bonds. The fourth-order valence-corrected chi connectivity index (χ4v) is 3.61. The molecule has 178 valence electrons. The molecule has 1 aliphatic heterocycles. The Morgan fingerprint density at radius 3 is 2.55 bits per heavy atom. The zero-order valence-electron chi connectivity index (χ0n) is 19.0. The minimum Gasteiger partial charge on any atom is -0.497 e. The first-order valence-electron chi connectivity index (χ1n) is 10.3. The van der Waals surface area contributed by atoms with Crippen molar-refractivity contribution in [2.24, 2.45) is 0 Å². The number of aliphatic hydroxyl groups is 1. The molecule has 0 spiro atoms. The molecule has 0 radical (unpaired) electrons. The highest BCUT2D eigenvalue weighted by Gasteiger charge is 2.37. The maximum Gasteiger partial charge on any atom is 0.271 e. The van der Waals surface area contributed by atoms with Gasteiger partial charge in [0.1, 0.15) is 30.2 Å². The lowest BCUT2D eigenvalue weighted by Gasteiger charge is -2.28. The quantitative estimate of drug-likeness (QED) is 0.504. The number of carbonyl (C=O) groups is 2. The summed E-state index contributed by atoms with van der Waals surface area (Å²) in [5.74, 6) is 1.25. The molecule has 2 aromatic rings. The molecule has 0 saturated heterocycles. The van der Waals surface area contributed by atoms with Gasteiger partial charge in [0, 0.05) is 33.4 Å². The molecule has 0 saturated carbocycles. The molecule has 10 heteroatoms. The molecule has 3 rings (SSSR count). The number of nitrogens with zero attached hydrogens (tertiary/aromatic N) is 3. The van der Waals surface area contributed by atoms with Crippen molar-refractivity contribution in [1.29, 1.82) is 0 Å². The third-order valence-electron chi connectivity index (χ3n) is 5.12. The Hall–Kier alpha value is -3.30. The minimum absolute atomic E-state index is 0.0766. The average molecular weight is 476 g/mol. The summed E-state index contributed by atoms with van der Waals surface area (Å²) in [7, 11) is 5.14. The van der Waals surface area contributed by atoms with Gasteiger partial charge in [0.2, 0.25) is 0 Å². The number of aliphatic hydroxyl groups excluding tert-OH is 1. The van der Waals surface area contributed by atoms with Crippen LogP contribution in [0.2, 0.25) is 5.02 Å². The molecule has 0 aliphatic carbocycles. The number of halogens is 1. The van der Waals surface area contributed by atoms with Crippen molar-refractivity contribution < 1.29 is 19.4 Å². The molecule has 0 bridgehead atoms. The molecule has 3 N–H and O–H groups in total. The van der Waals surface area contributed by atoms with E-state index in [2.05, 4.69) is 15.6 Å². The molecule has 33 heavy (non-hydrogen) atoms. The number of likely N-dealkylation sites (N-methyl/N-ethyl adjacent to an activating group) is 1. The molecule has 0 fully saturated rings. The summed E-state index contributed by atoms with van der Waals surface area (Å²) in [6, 6.07) is 11.4. The Balaban J connectivity index is 0.00000187. The van der Waals surface area contributed by atoms with Crippen LogP contribution in [0.4, 0.5) is 0 Å². The van der Waals surface area contributed by atoms with Gasteiger partial charge in [-0.2, -0.15) is 0 Å². The summed E-state index contributed by atoms with van der Waals surface area (Å²) in [5.41, 5.74) is 2.27. The van der Waals surface area contributed by atoms with Crippen molar-refractivity contribution in [2.45, 2.75) is 19.1 Å². The predicted molar refractivity (Wildman–Crippen MR) is 126 cm³/mol. The van der Waals surface area contributed by atoms with Gasteiger partial charge >= 0.3 is 0 Å². The van der Waals surface area contributed by atoms with E-state index < -0.39 is 0 Å². The van der Waals surface area contributed by atoms with Crippen LogP contribution in [0.15, 0.2) is 54.1 Å². The van der Waals surface area contributed by atoms with Crippen molar-refractivity contribution in [3.05, 3.63) is 70.4 Å². The van der Waals surface area contributed by atoms with Crippen LogP contribution in [-0.2, 0) is 16.1 Å². The first-order valence-corrected chi connectivity index (χ1v) is 10.7. The number of amides is 1. The highest BCUT2D eigenvalue weighted by molar-refractivity contribution is 6.30. The molecular weight excluding hydrogens is 446 g/mol. The van der Waals surface area contributed by atoms with Gasteiger partial charge in [-0.25, -0.2) is 0 Å². The van der Waals surface area contributed by atoms with Gasteiger partial charge in [0.25, 0.3) is 5.91 Å². The van der Waals surface area contributed by atoms with Crippen LogP contribution in [0, 0.1) is 0 Å². The summed E-state index contributed by atoms with van der Waals surface area (Å²) in [5, 5.41) is 16.0. The Kier molecular flexibility index (Phi) is 9.96. The van der Waals surface area contributed by atoms with Crippen molar-refractivity contribution in [3.63, 3.8) is 0 Å². The summed E-state index contributed by atoms with van der Waals surface area (Å²) >= 11 is 6.00. The topological polar surface area (TPSA) is 107 Å². The van der Waals surface area contributed by atoms with E-state index in [1.807, 2.05) is 54.0 Å². The van der Waals surface area contributed by atoms with Crippen LogP contribution in [0.25, 0.3) is 0 Å². The van der Waals surface area contributed by atoms with Crippen LogP contribution >= 0.6 is 11.6 Å². The number of ether oxygens (including phenoxy) is 1. The van der Waals surface area contributed by atoms with E-state index in [0.717, 1.165) is 17.0 Å². The van der Waals surface area contributed by atoms with Gasteiger partial charge in [-0.3, -0.25) is 9.78 Å². The number of benzene rings is 1. The monoisotopic (exact) mass is 475 g/mol. The second-order valence-corrected chi connectivity index (χ2v) is 7.63. The van der Waals surface area contributed by atoms with Gasteiger partial charge in [-0.1, -0.05) is 23.7 Å². The smallest absolute Gasteiger partial charge is 0.271 e. The first-order chi connectivity index (χ1) is 16.0. The first kappa shape index (κ1) is 26.0. The SMILES string of the molecule is C=O.CNC(=O)C1=C(N(C)CCCO)NC(c2ccc(OC)cc2)N1Cc1ccc(Cl)cn1. The molecule has 9 nitrogen and oxygen atoms in total. The number of methoxy groups -OCH3 is 1. The minimum atomic E-state index is -0.290. The Labute approximate surface area is 199 Å². The number of hydrogen-bond donors (Lipinski definition) is 3. The lowest BCUT2D eigenvalue weighted by molar-refractivity contribution is -0.118. The molecule has 1 aromatic carbocycles. The molecule has 1 aromatic heterocycles. The van der Waals surface area contributed by atoms with Crippen LogP contribution in [0.1, 0.15) is 23.8 Å². The Morgan fingerprint density at radius 2 is 2.00 bits per heavy atom. The van der Waals surface area contributed by atoms with Crippen molar-refractivity contribution in [2.75, 3.05) is 34.4 Å². The third kappa shape index (κ3) is 6.36. The number of carbonyl (C=O) groups excluding carboxylic acids is 2. The molecule has 2 heterocycles. The van der Waals surface area contributed by atoms with E-state index in [-0.39, 0.29) is 18.7 Å². The van der Waals surface area contributed by atoms with Crippen LogP contribution in [0.5, 0.6) is 5.75 Å². The number of hydrogen-bond acceptors (Lipinski definition) is 8. The van der Waals surface area contributed by atoms with Crippen LogP contribution in [0.3, 0.4) is 0 Å². The number of aromatic nitrogens is 1. The molecular formula is C23H30ClN5O4. The fraction of sp³-hybridized carbons (Fsp3) is 0.348. The molecule has 1 atom stereocenters. The zero-order chi connectivity index (χ0) is 24.4. The maximum atomic E-state index is 12.9. The summed E-state index contributed by atoms with van der Waals surface area (Å²) < 4.78 is 5.28. The summed E-state index contributed by atoms with van der Waals surface area (Å²) in [6.45, 7) is 3.08. The zero-order valence-corrected chi connectivity index (χ0v) is 19.8. The van der Waals surface area contributed by atoms with Gasteiger partial charge < -0.3 is 35.1 Å². The van der Waals surface area contributed by atoms with E-state index in [1.165, 1.54) is 0 Å². The highest BCUT2D eigenvalue weighted by Crippen LogP contribution is 2.34. The van der Waals surface area contributed by atoms with E-state index in [4.69, 9.17) is 21.1 Å². The van der Waals surface area contributed by atoms with E-state index in [1.54, 1.807) is 26.4 Å². The van der Waals surface area contributed by atoms with Gasteiger partial charge in [-0.15, -0.1) is 0 Å². The lowest BCUT2D eigenvalue weighted by atomic mass is 10.1.